The van der Waals surface area contributed by atoms with E-state index < -0.39 is 16.6 Å². The van der Waals surface area contributed by atoms with Crippen LogP contribution in [0.15, 0.2) is 46.8 Å². The van der Waals surface area contributed by atoms with E-state index in [1.807, 2.05) is 18.2 Å². The monoisotopic (exact) mass is 467 g/mol. The van der Waals surface area contributed by atoms with E-state index in [9.17, 15) is 10.2 Å². The highest BCUT2D eigenvalue weighted by Crippen LogP contribution is 2.69. The number of hydrogen-bond donors (Lipinski definition) is 2. The molecule has 1 aliphatic heterocycles. The van der Waals surface area contributed by atoms with Gasteiger partial charge in [0.05, 0.1) is 30.8 Å². The number of rotatable bonds is 5. The number of nitrogens with zero attached hydrogens (tertiary/aromatic N) is 1. The average Bonchev–Trinajstić information content (AvgIpc) is 3.57. The maximum atomic E-state index is 12.3. The summed E-state index contributed by atoms with van der Waals surface area (Å²) < 4.78 is 11.6. The molecule has 1 aromatic heterocycles. The van der Waals surface area contributed by atoms with Gasteiger partial charge < -0.3 is 24.3 Å². The van der Waals surface area contributed by atoms with Crippen molar-refractivity contribution in [3.63, 3.8) is 0 Å². The van der Waals surface area contributed by atoms with Crippen LogP contribution in [0.4, 0.5) is 0 Å². The lowest BCUT2D eigenvalue weighted by Crippen LogP contribution is -2.64. The summed E-state index contributed by atoms with van der Waals surface area (Å²) >= 11 is 0. The molecule has 6 rings (SSSR count). The van der Waals surface area contributed by atoms with Crippen LogP contribution >= 0.6 is 0 Å². The Labute approximate surface area is 203 Å². The molecule has 0 spiro atoms. The second-order valence-electron chi connectivity index (χ2n) is 12.2. The number of aliphatic hydroxyl groups is 2. The Morgan fingerprint density at radius 3 is 2.65 bits per heavy atom. The predicted molar refractivity (Wildman–Crippen MR) is 131 cm³/mol. The fourth-order valence-electron chi connectivity index (χ4n) is 8.55. The Hall–Kier alpha value is -1.40. The summed E-state index contributed by atoms with van der Waals surface area (Å²) in [6.45, 7) is 8.84. The van der Waals surface area contributed by atoms with E-state index in [0.29, 0.717) is 5.92 Å². The first-order chi connectivity index (χ1) is 16.3. The molecule has 0 radical (unpaired) electrons. The molecule has 1 aromatic rings. The molecule has 5 heteroatoms. The molecule has 5 aliphatic rings. The van der Waals surface area contributed by atoms with Gasteiger partial charge >= 0.3 is 0 Å². The molecule has 0 aromatic carbocycles. The minimum Gasteiger partial charge on any atom is -0.472 e. The maximum absolute atomic E-state index is 12.3. The van der Waals surface area contributed by atoms with Crippen LogP contribution < -0.4 is 0 Å². The molecule has 1 saturated heterocycles. The summed E-state index contributed by atoms with van der Waals surface area (Å²) in [4.78, 5) is 2.52. The van der Waals surface area contributed by atoms with Gasteiger partial charge in [-0.25, -0.2) is 0 Å². The molecule has 4 aliphatic carbocycles. The third-order valence-electron chi connectivity index (χ3n) is 10.8. The number of hydrogen-bond acceptors (Lipinski definition) is 5. The highest BCUT2D eigenvalue weighted by Gasteiger charge is 2.69. The van der Waals surface area contributed by atoms with E-state index in [2.05, 4.69) is 24.8 Å². The largest absolute Gasteiger partial charge is 0.472 e. The number of fused-ring (bicyclic) bond motifs is 5. The summed E-state index contributed by atoms with van der Waals surface area (Å²) in [6.07, 6.45) is 18.3. The summed E-state index contributed by atoms with van der Waals surface area (Å²) in [5, 5.41) is 24.1. The van der Waals surface area contributed by atoms with Crippen molar-refractivity contribution < 1.29 is 19.4 Å². The van der Waals surface area contributed by atoms with Crippen LogP contribution in [0.2, 0.25) is 0 Å². The first-order valence-electron chi connectivity index (χ1n) is 13.5. The van der Waals surface area contributed by atoms with Crippen molar-refractivity contribution in [2.75, 3.05) is 26.2 Å². The molecule has 34 heavy (non-hydrogen) atoms. The van der Waals surface area contributed by atoms with Gasteiger partial charge in [0, 0.05) is 17.5 Å². The molecule has 0 amide bonds. The Bertz CT molecular complexity index is 965. The number of ether oxygens (including phenoxy) is 1. The molecule has 5 nitrogen and oxygen atoms in total. The number of furan rings is 1. The fraction of sp³-hybridized carbons (Fsp3) is 0.724. The summed E-state index contributed by atoms with van der Waals surface area (Å²) in [5.74, 6) is 0.575. The quantitative estimate of drug-likeness (QED) is 0.609. The van der Waals surface area contributed by atoms with Crippen molar-refractivity contribution in [3.8, 4) is 0 Å². The van der Waals surface area contributed by atoms with Gasteiger partial charge in [0.25, 0.3) is 0 Å². The van der Waals surface area contributed by atoms with Crippen LogP contribution in [0.5, 0.6) is 0 Å². The van der Waals surface area contributed by atoms with Crippen molar-refractivity contribution in [1.29, 1.82) is 0 Å². The van der Waals surface area contributed by atoms with Gasteiger partial charge in [-0.05, 0) is 93.8 Å². The third kappa shape index (κ3) is 3.13. The van der Waals surface area contributed by atoms with Gasteiger partial charge in [-0.3, -0.25) is 0 Å². The van der Waals surface area contributed by atoms with Gasteiger partial charge in [0.15, 0.2) is 0 Å². The van der Waals surface area contributed by atoms with Crippen LogP contribution in [-0.4, -0.2) is 53.1 Å². The molecule has 2 heterocycles. The maximum Gasteiger partial charge on any atom is 0.119 e. The lowest BCUT2D eigenvalue weighted by Gasteiger charge is -2.62. The lowest BCUT2D eigenvalue weighted by molar-refractivity contribution is -0.209. The van der Waals surface area contributed by atoms with Gasteiger partial charge in [0.1, 0.15) is 5.60 Å². The smallest absolute Gasteiger partial charge is 0.119 e. The van der Waals surface area contributed by atoms with Crippen molar-refractivity contribution in [2.24, 2.45) is 22.7 Å². The minimum absolute atomic E-state index is 0.110. The first-order valence-corrected chi connectivity index (χ1v) is 13.5. The molecule has 2 N–H and O–H groups in total. The molecular weight excluding hydrogens is 426 g/mol. The third-order valence-corrected chi connectivity index (χ3v) is 10.8. The zero-order valence-corrected chi connectivity index (χ0v) is 20.8. The average molecular weight is 468 g/mol. The first kappa shape index (κ1) is 23.0. The second-order valence-corrected chi connectivity index (χ2v) is 12.2. The predicted octanol–water partition coefficient (Wildman–Crippen LogP) is 4.80. The highest BCUT2D eigenvalue weighted by atomic mass is 16.5. The van der Waals surface area contributed by atoms with Crippen molar-refractivity contribution >= 4 is 0 Å². The fourth-order valence-corrected chi connectivity index (χ4v) is 8.55. The Morgan fingerprint density at radius 2 is 1.88 bits per heavy atom. The van der Waals surface area contributed by atoms with E-state index in [1.165, 1.54) is 25.9 Å². The second kappa shape index (κ2) is 8.06. The minimum atomic E-state index is -1.20. The van der Waals surface area contributed by atoms with E-state index in [4.69, 9.17) is 9.15 Å². The van der Waals surface area contributed by atoms with E-state index >= 15 is 0 Å². The van der Waals surface area contributed by atoms with Gasteiger partial charge in [-0.15, -0.1) is 0 Å². The Morgan fingerprint density at radius 1 is 1.06 bits per heavy atom. The summed E-state index contributed by atoms with van der Waals surface area (Å²) in [7, 11) is 0. The zero-order chi connectivity index (χ0) is 23.6. The number of allylic oxidation sites excluding steroid dienone is 1. The molecule has 0 bridgehead atoms. The van der Waals surface area contributed by atoms with Crippen LogP contribution in [-0.2, 0) is 10.3 Å². The topological polar surface area (TPSA) is 66.1 Å². The summed E-state index contributed by atoms with van der Waals surface area (Å²) in [5.41, 5.74) is -0.463. The van der Waals surface area contributed by atoms with Crippen molar-refractivity contribution in [1.82, 2.24) is 4.90 Å². The van der Waals surface area contributed by atoms with Gasteiger partial charge in [-0.1, -0.05) is 31.6 Å². The highest BCUT2D eigenvalue weighted by molar-refractivity contribution is 5.41. The van der Waals surface area contributed by atoms with Gasteiger partial charge in [0.2, 0.25) is 0 Å². The van der Waals surface area contributed by atoms with Crippen molar-refractivity contribution in [2.45, 2.75) is 82.5 Å². The van der Waals surface area contributed by atoms with Crippen LogP contribution in [0.1, 0.15) is 70.8 Å². The van der Waals surface area contributed by atoms with Crippen LogP contribution in [0, 0.1) is 22.7 Å². The molecule has 7 atom stereocenters. The Kier molecular flexibility index (Phi) is 5.46. The number of likely N-dealkylation sites (tertiary alicyclic amines) is 1. The van der Waals surface area contributed by atoms with Crippen LogP contribution in [0.25, 0.3) is 0 Å². The van der Waals surface area contributed by atoms with E-state index in [0.717, 1.165) is 57.2 Å². The molecule has 3 fully saturated rings. The normalized spacial score (nSPS) is 46.1. The van der Waals surface area contributed by atoms with Gasteiger partial charge in [-0.2, -0.15) is 0 Å². The van der Waals surface area contributed by atoms with E-state index in [-0.39, 0.29) is 17.4 Å². The lowest BCUT2D eigenvalue weighted by atomic mass is 9.44. The molecule has 0 unspecified atom stereocenters. The Balaban J connectivity index is 1.20. The molecular formula is C29H41NO4. The van der Waals surface area contributed by atoms with Crippen LogP contribution in [0.3, 0.4) is 0 Å². The molecule has 2 saturated carbocycles. The standard InChI is InChI=1S/C29H41NO4/c1-26-10-7-23(34-18-16-30-14-3-4-15-30)19-21(26)5-6-25-24(26)8-11-27(2)28(31,12-13-29(25,27)32)22-9-17-33-20-22/h9,12-13,17,19-20,23-25,31-32H,3-8,10-11,14-16,18H2,1-2H3/t23-,24-,25+,26-,27+,28-,29-/m0/s1. The van der Waals surface area contributed by atoms with E-state index in [1.54, 1.807) is 18.1 Å². The SMILES string of the molecule is C[C@]12CC[C@H]3[C@@H](CCC4=C[C@@H](OCCN5CCCC5)CC[C@@]43C)[C@@]1(O)C=C[C@]2(O)c1ccoc1. The molecule has 186 valence electrons. The zero-order valence-electron chi connectivity index (χ0n) is 20.8. The van der Waals surface area contributed by atoms with Crippen molar-refractivity contribution in [3.05, 3.63) is 48.0 Å². The summed E-state index contributed by atoms with van der Waals surface area (Å²) in [6, 6.07) is 1.83.